The number of rotatable bonds is 3. The third-order valence-corrected chi connectivity index (χ3v) is 3.44. The molecule has 1 saturated carbocycles. The molecule has 3 heterocycles. The highest BCUT2D eigenvalue weighted by atomic mass is 16.2. The minimum atomic E-state index is -0.533. The molecule has 4 rings (SSSR count). The standard InChI is InChI=1S/C13H13N7O2/c1-6-15-10-7(4-9-11(21)19-13(22)18-9)5-14-20(10)12(16-6)17-8-2-3-8/h4-5,8H,2-3H2,1H3,(H,15,16,17)(H2,18,19,21,22)/b9-4-. The van der Waals surface area contributed by atoms with Gasteiger partial charge in [-0.3, -0.25) is 10.1 Å². The number of imide groups is 1. The molecule has 0 spiro atoms. The number of hydrogen-bond donors (Lipinski definition) is 3. The number of hydrogen-bond acceptors (Lipinski definition) is 6. The molecule has 2 aromatic heterocycles. The summed E-state index contributed by atoms with van der Waals surface area (Å²) in [6, 6.07) is -0.0991. The van der Waals surface area contributed by atoms with Crippen molar-refractivity contribution in [2.75, 3.05) is 5.32 Å². The maximum atomic E-state index is 11.6. The average Bonchev–Trinajstić information content (AvgIpc) is 3.09. The number of nitrogens with one attached hydrogen (secondary N) is 3. The molecule has 0 atom stereocenters. The fraction of sp³-hybridized carbons (Fsp3) is 0.308. The summed E-state index contributed by atoms with van der Waals surface area (Å²) in [6.45, 7) is 1.80. The molecule has 0 radical (unpaired) electrons. The second-order valence-electron chi connectivity index (χ2n) is 5.31. The molecule has 3 amide bonds. The number of aromatic nitrogens is 4. The molecule has 9 heteroatoms. The second kappa shape index (κ2) is 4.52. The van der Waals surface area contributed by atoms with E-state index in [1.165, 1.54) is 0 Å². The van der Waals surface area contributed by atoms with Crippen LogP contribution in [0.15, 0.2) is 11.9 Å². The van der Waals surface area contributed by atoms with Crippen molar-refractivity contribution < 1.29 is 9.59 Å². The number of nitrogens with zero attached hydrogens (tertiary/aromatic N) is 4. The molecule has 2 aliphatic rings. The molecule has 1 saturated heterocycles. The Hall–Kier alpha value is -2.97. The van der Waals surface area contributed by atoms with Crippen molar-refractivity contribution in [2.24, 2.45) is 0 Å². The second-order valence-corrected chi connectivity index (χ2v) is 5.31. The smallest absolute Gasteiger partial charge is 0.326 e. The molecule has 2 fully saturated rings. The van der Waals surface area contributed by atoms with E-state index in [1.807, 2.05) is 0 Å². The highest BCUT2D eigenvalue weighted by Gasteiger charge is 2.25. The van der Waals surface area contributed by atoms with E-state index in [-0.39, 0.29) is 5.70 Å². The van der Waals surface area contributed by atoms with E-state index >= 15 is 0 Å². The first-order valence-corrected chi connectivity index (χ1v) is 6.93. The van der Waals surface area contributed by atoms with Crippen molar-refractivity contribution in [1.82, 2.24) is 30.2 Å². The fourth-order valence-corrected chi connectivity index (χ4v) is 2.24. The van der Waals surface area contributed by atoms with Gasteiger partial charge in [-0.2, -0.15) is 14.6 Å². The van der Waals surface area contributed by atoms with E-state index in [4.69, 9.17) is 0 Å². The lowest BCUT2D eigenvalue weighted by atomic mass is 10.2. The van der Waals surface area contributed by atoms with Crippen LogP contribution in [0.5, 0.6) is 0 Å². The van der Waals surface area contributed by atoms with E-state index in [2.05, 4.69) is 31.0 Å². The van der Waals surface area contributed by atoms with Crippen molar-refractivity contribution in [1.29, 1.82) is 0 Å². The molecule has 1 aliphatic heterocycles. The van der Waals surface area contributed by atoms with Gasteiger partial charge in [-0.1, -0.05) is 0 Å². The maximum Gasteiger partial charge on any atom is 0.326 e. The Balaban J connectivity index is 1.79. The Bertz CT molecular complexity index is 834. The zero-order valence-electron chi connectivity index (χ0n) is 11.8. The van der Waals surface area contributed by atoms with E-state index in [0.29, 0.717) is 29.0 Å². The van der Waals surface area contributed by atoms with Crippen LogP contribution in [-0.4, -0.2) is 37.6 Å². The predicted octanol–water partition coefficient (Wildman–Crippen LogP) is 0.187. The molecular weight excluding hydrogens is 286 g/mol. The van der Waals surface area contributed by atoms with Gasteiger partial charge in [0.15, 0.2) is 5.65 Å². The van der Waals surface area contributed by atoms with Gasteiger partial charge in [0, 0.05) is 11.6 Å². The molecule has 0 unspecified atom stereocenters. The lowest BCUT2D eigenvalue weighted by Gasteiger charge is -2.06. The number of anilines is 1. The molecule has 9 nitrogen and oxygen atoms in total. The van der Waals surface area contributed by atoms with Crippen LogP contribution < -0.4 is 16.0 Å². The maximum absolute atomic E-state index is 11.6. The van der Waals surface area contributed by atoms with E-state index < -0.39 is 11.9 Å². The van der Waals surface area contributed by atoms with E-state index in [0.717, 1.165) is 12.8 Å². The summed E-state index contributed by atoms with van der Waals surface area (Å²) >= 11 is 0. The van der Waals surface area contributed by atoms with Gasteiger partial charge >= 0.3 is 6.03 Å². The van der Waals surface area contributed by atoms with Crippen LogP contribution in [0.25, 0.3) is 11.7 Å². The minimum Gasteiger partial charge on any atom is -0.351 e. The number of amides is 3. The summed E-state index contributed by atoms with van der Waals surface area (Å²) in [5.74, 6) is 0.775. The first-order chi connectivity index (χ1) is 10.6. The first-order valence-electron chi connectivity index (χ1n) is 6.93. The highest BCUT2D eigenvalue weighted by molar-refractivity contribution is 6.14. The van der Waals surface area contributed by atoms with Gasteiger partial charge in [0.1, 0.15) is 11.5 Å². The van der Waals surface area contributed by atoms with Crippen LogP contribution in [0.1, 0.15) is 24.2 Å². The van der Waals surface area contributed by atoms with Gasteiger partial charge in [-0.05, 0) is 25.8 Å². The zero-order valence-corrected chi connectivity index (χ0v) is 11.8. The van der Waals surface area contributed by atoms with Crippen molar-refractivity contribution in [2.45, 2.75) is 25.8 Å². The molecule has 22 heavy (non-hydrogen) atoms. The van der Waals surface area contributed by atoms with Gasteiger partial charge in [0.05, 0.1) is 6.20 Å². The Labute approximate surface area is 124 Å². The van der Waals surface area contributed by atoms with Gasteiger partial charge < -0.3 is 10.6 Å². The molecule has 0 aromatic carbocycles. The summed E-state index contributed by atoms with van der Waals surface area (Å²) < 4.78 is 1.60. The largest absolute Gasteiger partial charge is 0.351 e. The van der Waals surface area contributed by atoms with Gasteiger partial charge in [0.2, 0.25) is 5.95 Å². The SMILES string of the molecule is Cc1nc(NC2CC2)n2ncc(/C=C3\NC(=O)NC3=O)c2n1. The van der Waals surface area contributed by atoms with Crippen LogP contribution >= 0.6 is 0 Å². The van der Waals surface area contributed by atoms with Crippen LogP contribution in [0.4, 0.5) is 10.7 Å². The fourth-order valence-electron chi connectivity index (χ4n) is 2.24. The lowest BCUT2D eigenvalue weighted by Crippen LogP contribution is -2.22. The Morgan fingerprint density at radius 2 is 2.14 bits per heavy atom. The zero-order chi connectivity index (χ0) is 15.3. The summed E-state index contributed by atoms with van der Waals surface area (Å²) in [4.78, 5) is 31.5. The summed E-state index contributed by atoms with van der Waals surface area (Å²) in [6.07, 6.45) is 5.38. The minimum absolute atomic E-state index is 0.174. The first kappa shape index (κ1) is 12.7. The number of aryl methyl sites for hydroxylation is 1. The summed E-state index contributed by atoms with van der Waals surface area (Å²) in [7, 11) is 0. The molecule has 0 bridgehead atoms. The van der Waals surface area contributed by atoms with Gasteiger partial charge in [-0.15, -0.1) is 0 Å². The van der Waals surface area contributed by atoms with Crippen molar-refractivity contribution in [3.05, 3.63) is 23.3 Å². The van der Waals surface area contributed by atoms with E-state index in [9.17, 15) is 9.59 Å². The Morgan fingerprint density at radius 3 is 2.82 bits per heavy atom. The number of carbonyl (C=O) groups excluding carboxylic acids is 2. The highest BCUT2D eigenvalue weighted by Crippen LogP contribution is 2.24. The normalized spacial score (nSPS) is 19.6. The van der Waals surface area contributed by atoms with Crippen LogP contribution in [-0.2, 0) is 4.79 Å². The number of carbonyl (C=O) groups is 2. The lowest BCUT2D eigenvalue weighted by molar-refractivity contribution is -0.115. The monoisotopic (exact) mass is 299 g/mol. The summed E-state index contributed by atoms with van der Waals surface area (Å²) in [5, 5.41) is 12.2. The number of fused-ring (bicyclic) bond motifs is 1. The van der Waals surface area contributed by atoms with Crippen LogP contribution in [0.3, 0.4) is 0 Å². The third kappa shape index (κ3) is 2.16. The average molecular weight is 299 g/mol. The summed E-state index contributed by atoms with van der Waals surface area (Å²) in [5.41, 5.74) is 1.39. The van der Waals surface area contributed by atoms with Crippen molar-refractivity contribution in [3.63, 3.8) is 0 Å². The third-order valence-electron chi connectivity index (χ3n) is 3.44. The van der Waals surface area contributed by atoms with Crippen LogP contribution in [0.2, 0.25) is 0 Å². The van der Waals surface area contributed by atoms with Gasteiger partial charge in [-0.25, -0.2) is 9.78 Å². The molecular formula is C13H13N7O2. The molecule has 112 valence electrons. The van der Waals surface area contributed by atoms with Crippen molar-refractivity contribution >= 4 is 29.6 Å². The number of urea groups is 1. The van der Waals surface area contributed by atoms with Gasteiger partial charge in [0.25, 0.3) is 5.91 Å². The van der Waals surface area contributed by atoms with Crippen LogP contribution in [0, 0.1) is 6.92 Å². The Morgan fingerprint density at radius 1 is 1.32 bits per heavy atom. The molecule has 2 aromatic rings. The van der Waals surface area contributed by atoms with Crippen molar-refractivity contribution in [3.8, 4) is 0 Å². The predicted molar refractivity (Wildman–Crippen MR) is 76.8 cm³/mol. The molecule has 1 aliphatic carbocycles. The quantitative estimate of drug-likeness (QED) is 0.550. The topological polar surface area (TPSA) is 113 Å². The van der Waals surface area contributed by atoms with E-state index in [1.54, 1.807) is 23.7 Å². The molecule has 3 N–H and O–H groups in total. The Kier molecular flexibility index (Phi) is 2.62.